The lowest BCUT2D eigenvalue weighted by molar-refractivity contribution is -0.354. The molecule has 0 saturated carbocycles. The molecule has 47 heavy (non-hydrogen) atoms. The maximum Gasteiger partial charge on any atom is 0.229 e. The number of hydrogen-bond acceptors (Lipinski definition) is 15. The minimum Gasteiger partial charge on any atom is -0.504 e. The molecule has 4 aliphatic rings. The average molecular weight is 667 g/mol. The first-order valence-corrected chi connectivity index (χ1v) is 15.5. The minimum absolute atomic E-state index is 0.0239. The third kappa shape index (κ3) is 6.38. The number of phenols is 1. The average Bonchev–Trinajstić information content (AvgIpc) is 3.69. The van der Waals surface area contributed by atoms with Crippen molar-refractivity contribution < 1.29 is 73.6 Å². The van der Waals surface area contributed by atoms with Crippen LogP contribution in [-0.4, -0.2) is 131 Å². The van der Waals surface area contributed by atoms with Gasteiger partial charge >= 0.3 is 0 Å². The van der Waals surface area contributed by atoms with E-state index in [1.807, 2.05) is 6.07 Å². The summed E-state index contributed by atoms with van der Waals surface area (Å²) in [6.45, 7) is 1.72. The van der Waals surface area contributed by atoms with Gasteiger partial charge in [-0.05, 0) is 42.3 Å². The van der Waals surface area contributed by atoms with Crippen LogP contribution in [0.1, 0.15) is 30.3 Å². The minimum atomic E-state index is -1.69. The third-order valence-corrected chi connectivity index (χ3v) is 9.48. The van der Waals surface area contributed by atoms with Crippen molar-refractivity contribution in [2.45, 2.75) is 80.5 Å². The van der Waals surface area contributed by atoms with E-state index in [9.17, 15) is 35.7 Å². The quantitative estimate of drug-likeness (QED) is 0.180. The largest absolute Gasteiger partial charge is 0.504 e. The summed E-state index contributed by atoms with van der Waals surface area (Å²) in [5.41, 5.74) is 1.68. The van der Waals surface area contributed by atoms with E-state index < -0.39 is 68.0 Å². The van der Waals surface area contributed by atoms with E-state index in [1.54, 1.807) is 30.3 Å². The number of aliphatic hydroxyl groups is 6. The molecule has 15 nitrogen and oxygen atoms in total. The number of benzene rings is 2. The standard InChI is InChI=1S/C32H42O15/c1-13-23(35)25(37)27(39)31(44-13)47-30-26(38)24(36)22(10-33)46-32(30)45-19-7-5-15(9-21(19)41-3)29-17-12-42-28(16(17)11-43-29)14-4-6-18(34)20(8-14)40-2/h4-9,13,16-17,22-39H,10-12H2,1-3H3/t13-,16?,17?,22+,23-,24+,25+,26-,27+,28?,29?,30+,31-,32+/m0/s1. The summed E-state index contributed by atoms with van der Waals surface area (Å²) in [5, 5.41) is 72.1. The molecule has 0 spiro atoms. The number of fused-ring (bicyclic) bond motifs is 1. The Morgan fingerprint density at radius 1 is 0.702 bits per heavy atom. The van der Waals surface area contributed by atoms with E-state index in [2.05, 4.69) is 0 Å². The zero-order chi connectivity index (χ0) is 33.6. The van der Waals surface area contributed by atoms with Crippen molar-refractivity contribution in [2.24, 2.45) is 11.8 Å². The number of rotatable bonds is 9. The van der Waals surface area contributed by atoms with Crippen LogP contribution in [0, 0.1) is 11.8 Å². The van der Waals surface area contributed by atoms with Crippen LogP contribution in [0.15, 0.2) is 36.4 Å². The molecular formula is C32H42O15. The van der Waals surface area contributed by atoms with Crippen molar-refractivity contribution in [2.75, 3.05) is 34.0 Å². The number of hydrogen-bond donors (Lipinski definition) is 7. The fraction of sp³-hybridized carbons (Fsp3) is 0.625. The Hall–Kier alpha value is -2.80. The Bertz CT molecular complexity index is 1380. The van der Waals surface area contributed by atoms with Crippen molar-refractivity contribution >= 4 is 0 Å². The van der Waals surface area contributed by atoms with Crippen LogP contribution in [0.25, 0.3) is 0 Å². The lowest BCUT2D eigenvalue weighted by atomic mass is 9.85. The summed E-state index contributed by atoms with van der Waals surface area (Å²) in [5.74, 6) is 0.945. The molecule has 0 amide bonds. The van der Waals surface area contributed by atoms with Gasteiger partial charge in [0, 0.05) is 11.8 Å². The van der Waals surface area contributed by atoms with Gasteiger partial charge in [0.05, 0.1) is 52.4 Å². The van der Waals surface area contributed by atoms with Gasteiger partial charge in [0.15, 0.2) is 35.4 Å². The summed E-state index contributed by atoms with van der Waals surface area (Å²) in [6, 6.07) is 10.3. The molecule has 0 bridgehead atoms. The van der Waals surface area contributed by atoms with E-state index in [0.717, 1.165) is 11.1 Å². The Morgan fingerprint density at radius 2 is 1.32 bits per heavy atom. The second-order valence-electron chi connectivity index (χ2n) is 12.3. The SMILES string of the molecule is COc1cc(C2OCC3C(c4ccc(O[C@@H]5O[C@H](CO)[C@@H](O)[C@H](O)[C@H]5O[C@@H]5O[C@@H](C)[C@H](O)[C@@H](O)[C@H]5O)c(OC)c4)OCC23)ccc1O. The predicted octanol–water partition coefficient (Wildman–Crippen LogP) is -0.485. The first-order chi connectivity index (χ1) is 22.6. The van der Waals surface area contributed by atoms with Gasteiger partial charge in [0.25, 0.3) is 0 Å². The van der Waals surface area contributed by atoms with Gasteiger partial charge in [-0.25, -0.2) is 0 Å². The van der Waals surface area contributed by atoms with Gasteiger partial charge in [0.2, 0.25) is 6.29 Å². The molecule has 2 aromatic carbocycles. The highest BCUT2D eigenvalue weighted by atomic mass is 16.8. The van der Waals surface area contributed by atoms with E-state index >= 15 is 0 Å². The molecule has 0 aliphatic carbocycles. The predicted molar refractivity (Wildman–Crippen MR) is 158 cm³/mol. The highest BCUT2D eigenvalue weighted by molar-refractivity contribution is 5.45. The second kappa shape index (κ2) is 14.0. The van der Waals surface area contributed by atoms with Gasteiger partial charge in [-0.2, -0.15) is 0 Å². The number of aliphatic hydroxyl groups excluding tert-OH is 6. The molecule has 6 rings (SSSR count). The Kier molecular flexibility index (Phi) is 10.1. The second-order valence-corrected chi connectivity index (χ2v) is 12.3. The van der Waals surface area contributed by atoms with Crippen molar-refractivity contribution in [3.63, 3.8) is 0 Å². The van der Waals surface area contributed by atoms with Crippen molar-refractivity contribution in [3.8, 4) is 23.0 Å². The molecule has 4 aliphatic heterocycles. The van der Waals surface area contributed by atoms with Crippen molar-refractivity contribution in [1.29, 1.82) is 0 Å². The zero-order valence-electron chi connectivity index (χ0n) is 26.1. The van der Waals surface area contributed by atoms with E-state index in [0.29, 0.717) is 19.0 Å². The molecule has 4 heterocycles. The smallest absolute Gasteiger partial charge is 0.229 e. The molecular weight excluding hydrogens is 624 g/mol. The summed E-state index contributed by atoms with van der Waals surface area (Å²) < 4.78 is 46.6. The van der Waals surface area contributed by atoms with Crippen molar-refractivity contribution in [1.82, 2.24) is 0 Å². The molecule has 0 radical (unpaired) electrons. The van der Waals surface area contributed by atoms with Crippen LogP contribution in [0.2, 0.25) is 0 Å². The maximum atomic E-state index is 11.0. The summed E-state index contributed by atoms with van der Waals surface area (Å²) in [4.78, 5) is 0. The summed E-state index contributed by atoms with van der Waals surface area (Å²) >= 11 is 0. The molecule has 15 heteroatoms. The fourth-order valence-electron chi connectivity index (χ4n) is 6.77. The lowest BCUT2D eigenvalue weighted by Crippen LogP contribution is -2.64. The Balaban J connectivity index is 1.20. The number of methoxy groups -OCH3 is 2. The van der Waals surface area contributed by atoms with E-state index in [1.165, 1.54) is 21.1 Å². The monoisotopic (exact) mass is 666 g/mol. The fourth-order valence-corrected chi connectivity index (χ4v) is 6.77. The molecule has 4 saturated heterocycles. The van der Waals surface area contributed by atoms with Crippen LogP contribution in [-0.2, 0) is 23.7 Å². The van der Waals surface area contributed by atoms with Gasteiger partial charge < -0.3 is 73.6 Å². The van der Waals surface area contributed by atoms with Crippen LogP contribution in [0.4, 0.5) is 0 Å². The van der Waals surface area contributed by atoms with Gasteiger partial charge in [0.1, 0.15) is 36.6 Å². The van der Waals surface area contributed by atoms with Crippen LogP contribution in [0.5, 0.6) is 23.0 Å². The van der Waals surface area contributed by atoms with Crippen molar-refractivity contribution in [3.05, 3.63) is 47.5 Å². The van der Waals surface area contributed by atoms with Crippen LogP contribution in [0.3, 0.4) is 0 Å². The molecule has 2 aromatic rings. The van der Waals surface area contributed by atoms with E-state index in [4.69, 9.17) is 37.9 Å². The molecule has 14 atom stereocenters. The normalized spacial score (nSPS) is 40.2. The molecule has 4 fully saturated rings. The van der Waals surface area contributed by atoms with Gasteiger partial charge in [-0.3, -0.25) is 0 Å². The lowest BCUT2D eigenvalue weighted by Gasteiger charge is -2.45. The molecule has 7 N–H and O–H groups in total. The number of phenolic OH excluding ortho intramolecular Hbond substituents is 1. The molecule has 260 valence electrons. The third-order valence-electron chi connectivity index (χ3n) is 9.48. The molecule has 4 unspecified atom stereocenters. The van der Waals surface area contributed by atoms with Crippen LogP contribution < -0.4 is 14.2 Å². The number of ether oxygens (including phenoxy) is 8. The van der Waals surface area contributed by atoms with Crippen LogP contribution >= 0.6 is 0 Å². The van der Waals surface area contributed by atoms with Gasteiger partial charge in [-0.15, -0.1) is 0 Å². The molecule has 0 aromatic heterocycles. The summed E-state index contributed by atoms with van der Waals surface area (Å²) in [6.07, 6.45) is -15.1. The van der Waals surface area contributed by atoms with E-state index in [-0.39, 0.29) is 41.3 Å². The highest BCUT2D eigenvalue weighted by Crippen LogP contribution is 2.51. The topological polar surface area (TPSA) is 215 Å². The summed E-state index contributed by atoms with van der Waals surface area (Å²) in [7, 11) is 2.94. The first-order valence-electron chi connectivity index (χ1n) is 15.5. The first kappa shape index (κ1) is 34.1. The highest BCUT2D eigenvalue weighted by Gasteiger charge is 2.52. The Morgan fingerprint density at radius 3 is 1.94 bits per heavy atom. The van der Waals surface area contributed by atoms with Gasteiger partial charge in [-0.1, -0.05) is 12.1 Å². The Labute approximate surface area is 270 Å². The number of aromatic hydroxyl groups is 1. The zero-order valence-corrected chi connectivity index (χ0v) is 26.1. The maximum absolute atomic E-state index is 11.0.